The van der Waals surface area contributed by atoms with Crippen molar-refractivity contribution < 1.29 is 0 Å². The quantitative estimate of drug-likeness (QED) is 0.875. The fourth-order valence-electron chi connectivity index (χ4n) is 3.37. The summed E-state index contributed by atoms with van der Waals surface area (Å²) in [5.74, 6) is 0.632. The van der Waals surface area contributed by atoms with Gasteiger partial charge in [-0.1, -0.05) is 41.6 Å². The standard InChI is InChI=1S/C18H20N2S/c1-12-5-7-13(8-6-12)21-17-4-2-3-14-15-11-19-10-9-16(15)20-18(14)17/h2-8,15-16,19-20H,9-11H2,1H3/t15-,16-/m0/s1. The summed E-state index contributed by atoms with van der Waals surface area (Å²) in [4.78, 5) is 2.66. The summed E-state index contributed by atoms with van der Waals surface area (Å²) in [5.41, 5.74) is 4.17. The van der Waals surface area contributed by atoms with Crippen LogP contribution in [-0.2, 0) is 0 Å². The molecular formula is C18H20N2S. The smallest absolute Gasteiger partial charge is 0.0521 e. The Bertz CT molecular complexity index is 651. The average molecular weight is 296 g/mol. The lowest BCUT2D eigenvalue weighted by molar-refractivity contribution is 0.440. The van der Waals surface area contributed by atoms with Gasteiger partial charge in [0, 0.05) is 28.3 Å². The highest BCUT2D eigenvalue weighted by molar-refractivity contribution is 7.99. The number of aryl methyl sites for hydroxylation is 1. The summed E-state index contributed by atoms with van der Waals surface area (Å²) in [6, 6.07) is 16.1. The Morgan fingerprint density at radius 1 is 1.10 bits per heavy atom. The number of benzene rings is 2. The number of hydrogen-bond donors (Lipinski definition) is 2. The molecule has 1 fully saturated rings. The maximum atomic E-state index is 3.78. The van der Waals surface area contributed by atoms with Crippen LogP contribution in [0.4, 0.5) is 5.69 Å². The van der Waals surface area contributed by atoms with Crippen molar-refractivity contribution in [2.24, 2.45) is 0 Å². The van der Waals surface area contributed by atoms with Crippen molar-refractivity contribution in [3.8, 4) is 0 Å². The minimum absolute atomic E-state index is 0.612. The fraction of sp³-hybridized carbons (Fsp3) is 0.333. The summed E-state index contributed by atoms with van der Waals surface area (Å²) >= 11 is 1.86. The number of para-hydroxylation sites is 1. The van der Waals surface area contributed by atoms with Crippen molar-refractivity contribution in [1.29, 1.82) is 0 Å². The van der Waals surface area contributed by atoms with Gasteiger partial charge < -0.3 is 10.6 Å². The maximum Gasteiger partial charge on any atom is 0.0521 e. The van der Waals surface area contributed by atoms with E-state index in [1.807, 2.05) is 11.8 Å². The van der Waals surface area contributed by atoms with Crippen LogP contribution in [0.15, 0.2) is 52.3 Å². The molecule has 4 rings (SSSR count). The first-order valence-corrected chi connectivity index (χ1v) is 8.47. The van der Waals surface area contributed by atoms with E-state index in [1.165, 1.54) is 33.0 Å². The molecule has 21 heavy (non-hydrogen) atoms. The van der Waals surface area contributed by atoms with E-state index in [2.05, 4.69) is 60.0 Å². The van der Waals surface area contributed by atoms with Crippen LogP contribution in [0, 0.1) is 6.92 Å². The van der Waals surface area contributed by atoms with E-state index in [9.17, 15) is 0 Å². The molecule has 108 valence electrons. The van der Waals surface area contributed by atoms with Gasteiger partial charge >= 0.3 is 0 Å². The van der Waals surface area contributed by atoms with Crippen molar-refractivity contribution in [3.63, 3.8) is 0 Å². The second-order valence-corrected chi connectivity index (χ2v) is 7.10. The molecule has 0 aromatic heterocycles. The average Bonchev–Trinajstić information content (AvgIpc) is 2.89. The second-order valence-electron chi connectivity index (χ2n) is 5.99. The lowest BCUT2D eigenvalue weighted by Crippen LogP contribution is -2.38. The van der Waals surface area contributed by atoms with Crippen LogP contribution < -0.4 is 10.6 Å². The number of hydrogen-bond acceptors (Lipinski definition) is 3. The zero-order valence-corrected chi connectivity index (χ0v) is 13.0. The van der Waals surface area contributed by atoms with Crippen LogP contribution in [0.2, 0.25) is 0 Å². The highest BCUT2D eigenvalue weighted by atomic mass is 32.2. The van der Waals surface area contributed by atoms with E-state index in [4.69, 9.17) is 0 Å². The zero-order chi connectivity index (χ0) is 14.2. The summed E-state index contributed by atoms with van der Waals surface area (Å²) in [7, 11) is 0. The Balaban J connectivity index is 1.66. The minimum Gasteiger partial charge on any atom is -0.380 e. The number of fused-ring (bicyclic) bond motifs is 3. The van der Waals surface area contributed by atoms with E-state index in [0.717, 1.165) is 13.1 Å². The predicted molar refractivity (Wildman–Crippen MR) is 89.4 cm³/mol. The van der Waals surface area contributed by atoms with Gasteiger partial charge in [0.25, 0.3) is 0 Å². The lowest BCUT2D eigenvalue weighted by Gasteiger charge is -2.26. The van der Waals surface area contributed by atoms with Crippen molar-refractivity contribution in [2.75, 3.05) is 18.4 Å². The molecule has 2 atom stereocenters. The Morgan fingerprint density at radius 2 is 1.95 bits per heavy atom. The van der Waals surface area contributed by atoms with E-state index >= 15 is 0 Å². The minimum atomic E-state index is 0.612. The molecule has 2 aromatic carbocycles. The third-order valence-corrected chi connectivity index (χ3v) is 5.59. The molecule has 0 radical (unpaired) electrons. The van der Waals surface area contributed by atoms with E-state index in [0.29, 0.717) is 12.0 Å². The van der Waals surface area contributed by atoms with E-state index in [1.54, 1.807) is 0 Å². The van der Waals surface area contributed by atoms with Crippen LogP contribution in [0.5, 0.6) is 0 Å². The van der Waals surface area contributed by atoms with Gasteiger partial charge in [0.1, 0.15) is 0 Å². The Hall–Kier alpha value is -1.45. The molecule has 2 aliphatic heterocycles. The van der Waals surface area contributed by atoms with Crippen LogP contribution >= 0.6 is 11.8 Å². The second kappa shape index (κ2) is 5.39. The lowest BCUT2D eigenvalue weighted by atomic mass is 9.91. The Labute approximate surface area is 130 Å². The molecule has 0 saturated carbocycles. The molecule has 2 aliphatic rings. The molecule has 0 aliphatic carbocycles. The zero-order valence-electron chi connectivity index (χ0n) is 12.2. The van der Waals surface area contributed by atoms with Crippen LogP contribution in [0.25, 0.3) is 0 Å². The van der Waals surface area contributed by atoms with Gasteiger partial charge in [-0.05, 0) is 43.7 Å². The van der Waals surface area contributed by atoms with E-state index < -0.39 is 0 Å². The normalized spacial score (nSPS) is 23.3. The molecule has 2 nitrogen and oxygen atoms in total. The monoisotopic (exact) mass is 296 g/mol. The largest absolute Gasteiger partial charge is 0.380 e. The number of rotatable bonds is 2. The topological polar surface area (TPSA) is 24.1 Å². The third-order valence-electron chi connectivity index (χ3n) is 4.52. The first-order chi connectivity index (χ1) is 10.3. The molecule has 2 heterocycles. The third kappa shape index (κ3) is 2.45. The van der Waals surface area contributed by atoms with Gasteiger partial charge in [0.15, 0.2) is 0 Å². The number of piperidine rings is 1. The van der Waals surface area contributed by atoms with Gasteiger partial charge in [0.05, 0.1) is 5.69 Å². The maximum absolute atomic E-state index is 3.78. The summed E-state index contributed by atoms with van der Waals surface area (Å²) in [5, 5.41) is 7.30. The highest BCUT2D eigenvalue weighted by Crippen LogP contribution is 2.45. The molecule has 0 bridgehead atoms. The summed E-state index contributed by atoms with van der Waals surface area (Å²) in [6.45, 7) is 4.36. The molecular weight excluding hydrogens is 276 g/mol. The number of nitrogens with one attached hydrogen (secondary N) is 2. The Kier molecular flexibility index (Phi) is 3.40. The predicted octanol–water partition coefficient (Wildman–Crippen LogP) is 4.02. The SMILES string of the molecule is Cc1ccc(Sc2cccc3c2N[C@H]2CCNC[C@@H]32)cc1. The summed E-state index contributed by atoms with van der Waals surface area (Å²) < 4.78 is 0. The van der Waals surface area contributed by atoms with Crippen molar-refractivity contribution in [3.05, 3.63) is 53.6 Å². The molecule has 0 unspecified atom stereocenters. The first kappa shape index (κ1) is 13.2. The molecule has 3 heteroatoms. The van der Waals surface area contributed by atoms with Gasteiger partial charge in [-0.15, -0.1) is 0 Å². The number of anilines is 1. The van der Waals surface area contributed by atoms with Gasteiger partial charge in [-0.25, -0.2) is 0 Å². The van der Waals surface area contributed by atoms with Crippen molar-refractivity contribution in [2.45, 2.75) is 35.1 Å². The molecule has 1 saturated heterocycles. The van der Waals surface area contributed by atoms with Gasteiger partial charge in [-0.3, -0.25) is 0 Å². The van der Waals surface area contributed by atoms with Crippen LogP contribution in [-0.4, -0.2) is 19.1 Å². The van der Waals surface area contributed by atoms with Gasteiger partial charge in [0.2, 0.25) is 0 Å². The van der Waals surface area contributed by atoms with E-state index in [-0.39, 0.29) is 0 Å². The summed E-state index contributed by atoms with van der Waals surface area (Å²) in [6.07, 6.45) is 1.22. The highest BCUT2D eigenvalue weighted by Gasteiger charge is 2.34. The van der Waals surface area contributed by atoms with Crippen LogP contribution in [0.1, 0.15) is 23.5 Å². The van der Waals surface area contributed by atoms with Gasteiger partial charge in [-0.2, -0.15) is 0 Å². The van der Waals surface area contributed by atoms with Crippen LogP contribution in [0.3, 0.4) is 0 Å². The first-order valence-electron chi connectivity index (χ1n) is 7.66. The molecule has 2 N–H and O–H groups in total. The molecule has 2 aromatic rings. The van der Waals surface area contributed by atoms with Crippen molar-refractivity contribution in [1.82, 2.24) is 5.32 Å². The van der Waals surface area contributed by atoms with Crippen molar-refractivity contribution >= 4 is 17.4 Å². The molecule has 0 spiro atoms. The fourth-order valence-corrected chi connectivity index (χ4v) is 4.32. The Morgan fingerprint density at radius 3 is 2.81 bits per heavy atom. The molecule has 0 amide bonds.